The van der Waals surface area contributed by atoms with Crippen molar-refractivity contribution in [1.29, 1.82) is 0 Å². The Morgan fingerprint density at radius 3 is 2.59 bits per heavy atom. The summed E-state index contributed by atoms with van der Waals surface area (Å²) >= 11 is 1.66. The van der Waals surface area contributed by atoms with Gasteiger partial charge in [-0.3, -0.25) is 4.79 Å². The van der Waals surface area contributed by atoms with Gasteiger partial charge in [-0.05, 0) is 48.7 Å². The molecule has 0 saturated carbocycles. The molecule has 3 aromatic rings. The molecule has 0 radical (unpaired) electrons. The highest BCUT2D eigenvalue weighted by atomic mass is 32.2. The molecule has 0 fully saturated rings. The van der Waals surface area contributed by atoms with E-state index in [9.17, 15) is 9.59 Å². The number of methoxy groups -OCH3 is 1. The van der Waals surface area contributed by atoms with Crippen LogP contribution in [-0.4, -0.2) is 34.4 Å². The Labute approximate surface area is 174 Å². The number of nitrogens with zero attached hydrogens (tertiary/aromatic N) is 2. The Balaban J connectivity index is 1.59. The lowest BCUT2D eigenvalue weighted by molar-refractivity contribution is -0.143. The van der Waals surface area contributed by atoms with Crippen molar-refractivity contribution in [3.63, 3.8) is 0 Å². The molecular formula is C22H25N3O3S. The Morgan fingerprint density at radius 2 is 1.93 bits per heavy atom. The summed E-state index contributed by atoms with van der Waals surface area (Å²) in [6.07, 6.45) is 4.53. The van der Waals surface area contributed by atoms with Crippen LogP contribution in [0.2, 0.25) is 0 Å². The van der Waals surface area contributed by atoms with E-state index in [0.29, 0.717) is 12.0 Å². The Kier molecular flexibility index (Phi) is 6.93. The lowest BCUT2D eigenvalue weighted by Gasteiger charge is -2.18. The third-order valence-electron chi connectivity index (χ3n) is 4.42. The molecule has 2 heterocycles. The summed E-state index contributed by atoms with van der Waals surface area (Å²) in [6, 6.07) is 12.6. The molecule has 1 N–H and O–H groups in total. The predicted molar refractivity (Wildman–Crippen MR) is 114 cm³/mol. The summed E-state index contributed by atoms with van der Waals surface area (Å²) in [5.41, 5.74) is 2.44. The fourth-order valence-electron chi connectivity index (χ4n) is 2.99. The zero-order valence-electron chi connectivity index (χ0n) is 16.8. The second-order valence-electron chi connectivity index (χ2n) is 7.19. The molecule has 2 aromatic heterocycles. The highest BCUT2D eigenvalue weighted by Crippen LogP contribution is 2.23. The number of aromatic nitrogens is 2. The predicted octanol–water partition coefficient (Wildman–Crippen LogP) is 3.94. The number of carbonyl (C=O) groups is 2. The Hall–Kier alpha value is -2.80. The molecule has 1 atom stereocenters. The maximum absolute atomic E-state index is 12.5. The zero-order valence-corrected chi connectivity index (χ0v) is 17.6. The molecule has 0 aliphatic rings. The zero-order chi connectivity index (χ0) is 20.8. The molecule has 7 heteroatoms. The minimum Gasteiger partial charge on any atom is -0.467 e. The summed E-state index contributed by atoms with van der Waals surface area (Å²) in [7, 11) is 1.33. The SMILES string of the molecule is COC(=O)C(CC(C)C)NC(=O)c1ccc(SCc2cn3ccccc3n2)cc1. The van der Waals surface area contributed by atoms with Crippen molar-refractivity contribution in [2.45, 2.75) is 37.0 Å². The number of hydrogen-bond acceptors (Lipinski definition) is 5. The van der Waals surface area contributed by atoms with Crippen LogP contribution in [0.1, 0.15) is 36.3 Å². The first-order valence-corrected chi connectivity index (χ1v) is 10.5. The fraction of sp³-hybridized carbons (Fsp3) is 0.318. The lowest BCUT2D eigenvalue weighted by Crippen LogP contribution is -2.42. The number of fused-ring (bicyclic) bond motifs is 1. The highest BCUT2D eigenvalue weighted by Gasteiger charge is 2.23. The van der Waals surface area contributed by atoms with Crippen molar-refractivity contribution in [2.24, 2.45) is 5.92 Å². The smallest absolute Gasteiger partial charge is 0.328 e. The van der Waals surface area contributed by atoms with E-state index < -0.39 is 12.0 Å². The molecule has 1 aromatic carbocycles. The van der Waals surface area contributed by atoms with Gasteiger partial charge in [-0.15, -0.1) is 11.8 Å². The molecule has 0 aliphatic carbocycles. The second-order valence-corrected chi connectivity index (χ2v) is 8.24. The van der Waals surface area contributed by atoms with Crippen LogP contribution in [0, 0.1) is 5.92 Å². The van der Waals surface area contributed by atoms with Gasteiger partial charge in [0.1, 0.15) is 11.7 Å². The van der Waals surface area contributed by atoms with Gasteiger partial charge in [0.2, 0.25) is 0 Å². The van der Waals surface area contributed by atoms with E-state index in [-0.39, 0.29) is 11.8 Å². The maximum atomic E-state index is 12.5. The van der Waals surface area contributed by atoms with Crippen LogP contribution >= 0.6 is 11.8 Å². The van der Waals surface area contributed by atoms with E-state index in [0.717, 1.165) is 22.0 Å². The van der Waals surface area contributed by atoms with Crippen molar-refractivity contribution in [3.8, 4) is 0 Å². The second kappa shape index (κ2) is 9.60. The van der Waals surface area contributed by atoms with E-state index >= 15 is 0 Å². The summed E-state index contributed by atoms with van der Waals surface area (Å²) in [5.74, 6) is 0.300. The van der Waals surface area contributed by atoms with E-state index in [1.165, 1.54) is 7.11 Å². The van der Waals surface area contributed by atoms with E-state index in [4.69, 9.17) is 4.74 Å². The molecule has 0 aliphatic heterocycles. The van der Waals surface area contributed by atoms with Gasteiger partial charge in [0, 0.05) is 28.6 Å². The molecule has 6 nitrogen and oxygen atoms in total. The molecule has 1 unspecified atom stereocenters. The number of hydrogen-bond donors (Lipinski definition) is 1. The lowest BCUT2D eigenvalue weighted by atomic mass is 10.0. The van der Waals surface area contributed by atoms with Crippen LogP contribution in [-0.2, 0) is 15.3 Å². The first-order chi connectivity index (χ1) is 14.0. The standard InChI is InChI=1S/C22H25N3O3S/c1-15(2)12-19(22(27)28-3)24-21(26)16-7-9-18(10-8-16)29-14-17-13-25-11-5-4-6-20(25)23-17/h4-11,13,15,19H,12,14H2,1-3H3,(H,24,26). The van der Waals surface area contributed by atoms with Gasteiger partial charge < -0.3 is 14.5 Å². The van der Waals surface area contributed by atoms with E-state index in [1.807, 2.05) is 61.0 Å². The monoisotopic (exact) mass is 411 g/mol. The molecular weight excluding hydrogens is 386 g/mol. The normalized spacial score (nSPS) is 12.1. The van der Waals surface area contributed by atoms with Crippen molar-refractivity contribution in [1.82, 2.24) is 14.7 Å². The first-order valence-electron chi connectivity index (χ1n) is 9.50. The number of nitrogens with one attached hydrogen (secondary N) is 1. The summed E-state index contributed by atoms with van der Waals surface area (Å²) in [4.78, 5) is 30.0. The van der Waals surface area contributed by atoms with Crippen LogP contribution in [0.25, 0.3) is 5.65 Å². The van der Waals surface area contributed by atoms with E-state index in [1.54, 1.807) is 23.9 Å². The average molecular weight is 412 g/mol. The Bertz CT molecular complexity index is 949. The van der Waals surface area contributed by atoms with Crippen molar-refractivity contribution >= 4 is 29.3 Å². The fourth-order valence-corrected chi connectivity index (χ4v) is 3.77. The van der Waals surface area contributed by atoms with Gasteiger partial charge in [-0.2, -0.15) is 0 Å². The topological polar surface area (TPSA) is 72.7 Å². The number of thioether (sulfide) groups is 1. The number of esters is 1. The number of pyridine rings is 1. The molecule has 152 valence electrons. The molecule has 0 spiro atoms. The third-order valence-corrected chi connectivity index (χ3v) is 5.46. The number of rotatable bonds is 8. The minimum absolute atomic E-state index is 0.262. The van der Waals surface area contributed by atoms with Crippen molar-refractivity contribution in [3.05, 3.63) is 66.1 Å². The van der Waals surface area contributed by atoms with Crippen LogP contribution in [0.4, 0.5) is 0 Å². The van der Waals surface area contributed by atoms with Gasteiger partial charge in [0.25, 0.3) is 5.91 Å². The quantitative estimate of drug-likeness (QED) is 0.449. The maximum Gasteiger partial charge on any atom is 0.328 e. The molecule has 0 saturated heterocycles. The van der Waals surface area contributed by atoms with Gasteiger partial charge in [-0.1, -0.05) is 19.9 Å². The van der Waals surface area contributed by atoms with Crippen molar-refractivity contribution < 1.29 is 14.3 Å². The highest BCUT2D eigenvalue weighted by molar-refractivity contribution is 7.98. The Morgan fingerprint density at radius 1 is 1.17 bits per heavy atom. The van der Waals surface area contributed by atoms with Crippen molar-refractivity contribution in [2.75, 3.05) is 7.11 Å². The van der Waals surface area contributed by atoms with Crippen LogP contribution in [0.3, 0.4) is 0 Å². The largest absolute Gasteiger partial charge is 0.467 e. The number of benzene rings is 1. The number of ether oxygens (including phenoxy) is 1. The first kappa shape index (κ1) is 20.9. The minimum atomic E-state index is -0.642. The van der Waals surface area contributed by atoms with Crippen LogP contribution in [0.5, 0.6) is 0 Å². The molecule has 29 heavy (non-hydrogen) atoms. The van der Waals surface area contributed by atoms with Gasteiger partial charge in [0.05, 0.1) is 12.8 Å². The van der Waals surface area contributed by atoms with Gasteiger partial charge >= 0.3 is 5.97 Å². The number of carbonyl (C=O) groups excluding carboxylic acids is 2. The number of imidazole rings is 1. The third kappa shape index (κ3) is 5.60. The van der Waals surface area contributed by atoms with Crippen LogP contribution in [0.15, 0.2) is 59.8 Å². The molecule has 0 bridgehead atoms. The molecule has 3 rings (SSSR count). The average Bonchev–Trinajstić information content (AvgIpc) is 3.14. The number of amides is 1. The van der Waals surface area contributed by atoms with E-state index in [2.05, 4.69) is 10.3 Å². The summed E-state index contributed by atoms with van der Waals surface area (Å²) in [5, 5.41) is 2.77. The van der Waals surface area contributed by atoms with Gasteiger partial charge in [0.15, 0.2) is 0 Å². The van der Waals surface area contributed by atoms with Crippen LogP contribution < -0.4 is 5.32 Å². The summed E-state index contributed by atoms with van der Waals surface area (Å²) < 4.78 is 6.80. The summed E-state index contributed by atoms with van der Waals surface area (Å²) in [6.45, 7) is 3.99. The molecule has 1 amide bonds. The van der Waals surface area contributed by atoms with Gasteiger partial charge in [-0.25, -0.2) is 9.78 Å².